The first-order valence-electron chi connectivity index (χ1n) is 4.44. The van der Waals surface area contributed by atoms with Crippen molar-refractivity contribution >= 4 is 11.7 Å². The molecule has 0 saturated carbocycles. The number of rotatable bonds is 4. The topological polar surface area (TPSA) is 117 Å². The first-order chi connectivity index (χ1) is 8.38. The lowest BCUT2D eigenvalue weighted by molar-refractivity contribution is -0.386. The molecule has 0 aliphatic carbocycles. The maximum atomic E-state index is 12.7. The Kier molecular flexibility index (Phi) is 3.83. The molecule has 0 aromatic carbocycles. The predicted octanol–water partition coefficient (Wildman–Crippen LogP) is 1.43. The molecule has 1 heterocycles. The molecule has 0 bridgehead atoms. The molecule has 0 spiro atoms. The second kappa shape index (κ2) is 5.13. The number of halogens is 2. The second-order valence-corrected chi connectivity index (χ2v) is 3.12. The van der Waals surface area contributed by atoms with Crippen LogP contribution in [0.5, 0.6) is 0 Å². The van der Waals surface area contributed by atoms with Gasteiger partial charge in [0.1, 0.15) is 17.8 Å². The molecule has 9 heteroatoms. The molecule has 0 unspecified atom stereocenters. The second-order valence-electron chi connectivity index (χ2n) is 3.12. The van der Waals surface area contributed by atoms with E-state index in [0.717, 1.165) is 0 Å². The zero-order chi connectivity index (χ0) is 13.9. The van der Waals surface area contributed by atoms with Gasteiger partial charge in [-0.25, -0.2) is 8.78 Å². The number of hydrogen-bond donors (Lipinski definition) is 1. The number of pyridine rings is 1. The van der Waals surface area contributed by atoms with Crippen LogP contribution in [0.1, 0.15) is 23.2 Å². The summed E-state index contributed by atoms with van der Waals surface area (Å²) < 4.78 is 25.4. The van der Waals surface area contributed by atoms with E-state index >= 15 is 0 Å². The number of hydrogen-bond acceptors (Lipinski definition) is 5. The van der Waals surface area contributed by atoms with Gasteiger partial charge in [0, 0.05) is 0 Å². The lowest BCUT2D eigenvalue weighted by atomic mass is 10.0. The Morgan fingerprint density at radius 2 is 2.28 bits per heavy atom. The number of nitro groups is 1. The Morgan fingerprint density at radius 1 is 1.67 bits per heavy atom. The monoisotopic (exact) mass is 257 g/mol. The maximum Gasteiger partial charge on any atom is 0.309 e. The highest BCUT2D eigenvalue weighted by molar-refractivity contribution is 5.71. The van der Waals surface area contributed by atoms with Gasteiger partial charge in [-0.05, 0) is 0 Å². The van der Waals surface area contributed by atoms with Gasteiger partial charge in [0.2, 0.25) is 0 Å². The van der Waals surface area contributed by atoms with Crippen molar-refractivity contribution < 1.29 is 23.6 Å². The number of alkyl halides is 2. The standard InChI is InChI=1S/C9H5F2N3O4/c10-9(11)8-4(2-12)5(1-7(15)16)13-3-6(8)14(17)18/h3,9H,1H2,(H,15,16). The summed E-state index contributed by atoms with van der Waals surface area (Å²) >= 11 is 0. The van der Waals surface area contributed by atoms with Crippen LogP contribution in [0.3, 0.4) is 0 Å². The van der Waals surface area contributed by atoms with Crippen LogP contribution >= 0.6 is 0 Å². The van der Waals surface area contributed by atoms with E-state index in [1.807, 2.05) is 0 Å². The van der Waals surface area contributed by atoms with Gasteiger partial charge in [-0.2, -0.15) is 5.26 Å². The summed E-state index contributed by atoms with van der Waals surface area (Å²) in [5, 5.41) is 27.8. The van der Waals surface area contributed by atoms with E-state index in [4.69, 9.17) is 10.4 Å². The predicted molar refractivity (Wildman–Crippen MR) is 51.9 cm³/mol. The van der Waals surface area contributed by atoms with Gasteiger partial charge in [-0.1, -0.05) is 0 Å². The summed E-state index contributed by atoms with van der Waals surface area (Å²) in [6.45, 7) is 0. The number of carbonyl (C=O) groups is 1. The molecule has 1 aromatic rings. The van der Waals surface area contributed by atoms with Crippen molar-refractivity contribution in [1.29, 1.82) is 5.26 Å². The molecule has 1 N–H and O–H groups in total. The molecule has 0 amide bonds. The van der Waals surface area contributed by atoms with E-state index in [0.29, 0.717) is 6.20 Å². The Morgan fingerprint density at radius 3 is 2.67 bits per heavy atom. The van der Waals surface area contributed by atoms with E-state index in [-0.39, 0.29) is 0 Å². The number of aliphatic carboxylic acids is 1. The summed E-state index contributed by atoms with van der Waals surface area (Å²) in [7, 11) is 0. The largest absolute Gasteiger partial charge is 0.481 e. The molecule has 18 heavy (non-hydrogen) atoms. The van der Waals surface area contributed by atoms with Crippen LogP contribution in [-0.2, 0) is 11.2 Å². The van der Waals surface area contributed by atoms with Crippen LogP contribution in [0, 0.1) is 21.4 Å². The molecule has 0 atom stereocenters. The zero-order valence-corrected chi connectivity index (χ0v) is 8.63. The Balaban J connectivity index is 3.54. The third-order valence-corrected chi connectivity index (χ3v) is 2.02. The average Bonchev–Trinajstić information content (AvgIpc) is 2.26. The van der Waals surface area contributed by atoms with Gasteiger partial charge in [-0.3, -0.25) is 19.9 Å². The van der Waals surface area contributed by atoms with Crippen molar-refractivity contribution in [3.05, 3.63) is 33.1 Å². The van der Waals surface area contributed by atoms with Crippen LogP contribution in [0.25, 0.3) is 0 Å². The first-order valence-corrected chi connectivity index (χ1v) is 4.44. The number of aromatic nitrogens is 1. The van der Waals surface area contributed by atoms with Crippen molar-refractivity contribution in [2.45, 2.75) is 12.8 Å². The fraction of sp³-hybridized carbons (Fsp3) is 0.222. The lowest BCUT2D eigenvalue weighted by Crippen LogP contribution is -2.09. The van der Waals surface area contributed by atoms with E-state index in [1.165, 1.54) is 6.07 Å². The summed E-state index contributed by atoms with van der Waals surface area (Å²) in [6, 6.07) is 1.34. The number of carboxylic acid groups (broad SMARTS) is 1. The van der Waals surface area contributed by atoms with Gasteiger partial charge in [0.05, 0.1) is 22.6 Å². The quantitative estimate of drug-likeness (QED) is 0.643. The highest BCUT2D eigenvalue weighted by Gasteiger charge is 2.29. The molecule has 1 aromatic heterocycles. The van der Waals surface area contributed by atoms with Crippen LogP contribution in [0.15, 0.2) is 6.20 Å². The van der Waals surface area contributed by atoms with Crippen molar-refractivity contribution in [1.82, 2.24) is 4.98 Å². The van der Waals surface area contributed by atoms with E-state index in [9.17, 15) is 23.7 Å². The molecular formula is C9H5F2N3O4. The van der Waals surface area contributed by atoms with Crippen molar-refractivity contribution in [3.8, 4) is 6.07 Å². The summed E-state index contributed by atoms with van der Waals surface area (Å²) in [5.41, 5.74) is -3.29. The Bertz CT molecular complexity index is 553. The van der Waals surface area contributed by atoms with E-state index in [1.54, 1.807) is 0 Å². The van der Waals surface area contributed by atoms with Crippen molar-refractivity contribution in [2.75, 3.05) is 0 Å². The summed E-state index contributed by atoms with van der Waals surface area (Å²) in [5.74, 6) is -1.38. The lowest BCUT2D eigenvalue weighted by Gasteiger charge is -2.07. The van der Waals surface area contributed by atoms with Crippen LogP contribution in [0.2, 0.25) is 0 Å². The SMILES string of the molecule is N#Cc1c(CC(=O)O)ncc([N+](=O)[O-])c1C(F)F. The molecule has 0 fully saturated rings. The van der Waals surface area contributed by atoms with E-state index < -0.39 is 46.2 Å². The number of carboxylic acids is 1. The fourth-order valence-electron chi connectivity index (χ4n) is 1.33. The molecule has 0 aliphatic heterocycles. The fourth-order valence-corrected chi connectivity index (χ4v) is 1.33. The molecule has 0 saturated heterocycles. The summed E-state index contributed by atoms with van der Waals surface area (Å²) in [4.78, 5) is 23.3. The smallest absolute Gasteiger partial charge is 0.309 e. The third kappa shape index (κ3) is 2.54. The molecule has 0 radical (unpaired) electrons. The summed E-state index contributed by atoms with van der Waals surface area (Å²) in [6.07, 6.45) is -3.50. The van der Waals surface area contributed by atoms with Crippen molar-refractivity contribution in [2.24, 2.45) is 0 Å². The molecule has 7 nitrogen and oxygen atoms in total. The molecular weight excluding hydrogens is 252 g/mol. The van der Waals surface area contributed by atoms with Gasteiger partial charge in [-0.15, -0.1) is 0 Å². The molecule has 0 aliphatic rings. The third-order valence-electron chi connectivity index (χ3n) is 2.02. The van der Waals surface area contributed by atoms with Crippen LogP contribution < -0.4 is 0 Å². The van der Waals surface area contributed by atoms with Crippen molar-refractivity contribution in [3.63, 3.8) is 0 Å². The zero-order valence-electron chi connectivity index (χ0n) is 8.63. The normalized spacial score (nSPS) is 10.1. The number of nitriles is 1. The van der Waals surface area contributed by atoms with Gasteiger partial charge in [0.25, 0.3) is 12.1 Å². The molecule has 94 valence electrons. The van der Waals surface area contributed by atoms with Crippen LogP contribution in [0.4, 0.5) is 14.5 Å². The Labute approximate surface area is 98.4 Å². The van der Waals surface area contributed by atoms with Crippen LogP contribution in [-0.4, -0.2) is 21.0 Å². The Hall–Kier alpha value is -2.63. The molecule has 1 rings (SSSR count). The minimum absolute atomic E-state index is 0.425. The minimum Gasteiger partial charge on any atom is -0.481 e. The highest BCUT2D eigenvalue weighted by Crippen LogP contribution is 2.32. The van der Waals surface area contributed by atoms with E-state index in [2.05, 4.69) is 4.98 Å². The number of nitrogens with zero attached hydrogens (tertiary/aromatic N) is 3. The first kappa shape index (κ1) is 13.4. The van der Waals surface area contributed by atoms with Gasteiger partial charge in [0.15, 0.2) is 0 Å². The van der Waals surface area contributed by atoms with Gasteiger partial charge >= 0.3 is 5.97 Å². The highest BCUT2D eigenvalue weighted by atomic mass is 19.3. The van der Waals surface area contributed by atoms with Gasteiger partial charge < -0.3 is 5.11 Å². The minimum atomic E-state index is -3.27. The average molecular weight is 257 g/mol. The maximum absolute atomic E-state index is 12.7.